The minimum atomic E-state index is -0.767. The molecule has 1 saturated carbocycles. The highest BCUT2D eigenvalue weighted by atomic mass is 35.5. The number of benzene rings is 1. The first kappa shape index (κ1) is 11.9. The monoisotopic (exact) mass is 242 g/mol. The van der Waals surface area contributed by atoms with Gasteiger partial charge in [-0.3, -0.25) is 0 Å². The molecular formula is C13H16ClFO. The molecule has 16 heavy (non-hydrogen) atoms. The van der Waals surface area contributed by atoms with E-state index >= 15 is 0 Å². The fraction of sp³-hybridized carbons (Fsp3) is 0.538. The van der Waals surface area contributed by atoms with Gasteiger partial charge < -0.3 is 5.11 Å². The second-order valence-electron chi connectivity index (χ2n) is 4.54. The number of halogens is 2. The smallest absolute Gasteiger partial charge is 0.130 e. The average molecular weight is 243 g/mol. The molecule has 88 valence electrons. The maximum atomic E-state index is 13.5. The lowest BCUT2D eigenvalue weighted by molar-refractivity contribution is 0.141. The van der Waals surface area contributed by atoms with E-state index in [0.29, 0.717) is 17.4 Å². The summed E-state index contributed by atoms with van der Waals surface area (Å²) < 4.78 is 13.5. The summed E-state index contributed by atoms with van der Waals surface area (Å²) in [6.45, 7) is 0. The number of hydrogen-bond donors (Lipinski definition) is 1. The van der Waals surface area contributed by atoms with Crippen molar-refractivity contribution in [3.8, 4) is 0 Å². The molecule has 1 aromatic carbocycles. The van der Waals surface area contributed by atoms with Crippen molar-refractivity contribution in [3.05, 3.63) is 34.6 Å². The van der Waals surface area contributed by atoms with E-state index in [1.165, 1.54) is 18.9 Å². The van der Waals surface area contributed by atoms with Gasteiger partial charge in [-0.05, 0) is 24.5 Å². The van der Waals surface area contributed by atoms with Gasteiger partial charge in [-0.2, -0.15) is 0 Å². The summed E-state index contributed by atoms with van der Waals surface area (Å²) in [5.41, 5.74) is 0.260. The van der Waals surface area contributed by atoms with E-state index in [-0.39, 0.29) is 5.56 Å². The quantitative estimate of drug-likeness (QED) is 0.846. The van der Waals surface area contributed by atoms with E-state index in [1.807, 2.05) is 0 Å². The molecule has 1 N–H and O–H groups in total. The van der Waals surface area contributed by atoms with E-state index in [4.69, 9.17) is 11.6 Å². The number of aliphatic hydroxyl groups is 1. The van der Waals surface area contributed by atoms with E-state index in [0.717, 1.165) is 12.8 Å². The summed E-state index contributed by atoms with van der Waals surface area (Å²) in [6, 6.07) is 4.53. The summed E-state index contributed by atoms with van der Waals surface area (Å²) >= 11 is 5.91. The van der Waals surface area contributed by atoms with Gasteiger partial charge >= 0.3 is 0 Å². The van der Waals surface area contributed by atoms with Gasteiger partial charge in [0.2, 0.25) is 0 Å². The Morgan fingerprint density at radius 1 is 1.38 bits per heavy atom. The molecule has 0 radical (unpaired) electrons. The molecule has 0 bridgehead atoms. The predicted molar refractivity (Wildman–Crippen MR) is 62.9 cm³/mol. The highest BCUT2D eigenvalue weighted by Crippen LogP contribution is 2.35. The summed E-state index contributed by atoms with van der Waals surface area (Å²) in [7, 11) is 0. The van der Waals surface area contributed by atoms with Crippen LogP contribution in [0.3, 0.4) is 0 Å². The van der Waals surface area contributed by atoms with Gasteiger partial charge in [0.15, 0.2) is 0 Å². The topological polar surface area (TPSA) is 20.2 Å². The summed E-state index contributed by atoms with van der Waals surface area (Å²) in [6.07, 6.45) is 4.59. The van der Waals surface area contributed by atoms with Crippen molar-refractivity contribution < 1.29 is 9.50 Å². The lowest BCUT2D eigenvalue weighted by Gasteiger charge is -2.17. The predicted octanol–water partition coefficient (Wildman–Crippen LogP) is 4.09. The van der Waals surface area contributed by atoms with Crippen LogP contribution in [0.15, 0.2) is 18.2 Å². The van der Waals surface area contributed by atoms with Gasteiger partial charge in [-0.1, -0.05) is 43.4 Å². The summed E-state index contributed by atoms with van der Waals surface area (Å²) in [5.74, 6) is 0.115. The molecule has 1 aliphatic carbocycles. The zero-order valence-corrected chi connectivity index (χ0v) is 9.88. The maximum absolute atomic E-state index is 13.5. The van der Waals surface area contributed by atoms with Gasteiger partial charge in [0.25, 0.3) is 0 Å². The molecule has 1 aromatic rings. The molecule has 2 rings (SSSR count). The van der Waals surface area contributed by atoms with E-state index in [2.05, 4.69) is 0 Å². The summed E-state index contributed by atoms with van der Waals surface area (Å²) in [4.78, 5) is 0. The second-order valence-corrected chi connectivity index (χ2v) is 4.94. The fourth-order valence-electron chi connectivity index (χ4n) is 2.51. The third-order valence-corrected chi connectivity index (χ3v) is 3.69. The van der Waals surface area contributed by atoms with Crippen LogP contribution < -0.4 is 0 Å². The van der Waals surface area contributed by atoms with Gasteiger partial charge in [0, 0.05) is 10.6 Å². The first-order valence-electron chi connectivity index (χ1n) is 5.80. The molecule has 1 unspecified atom stereocenters. The van der Waals surface area contributed by atoms with Crippen LogP contribution in [0.1, 0.15) is 43.8 Å². The molecular weight excluding hydrogens is 227 g/mol. The first-order valence-corrected chi connectivity index (χ1v) is 6.18. The third kappa shape index (κ3) is 2.55. The van der Waals surface area contributed by atoms with Crippen molar-refractivity contribution in [2.24, 2.45) is 5.92 Å². The largest absolute Gasteiger partial charge is 0.388 e. The molecule has 0 amide bonds. The van der Waals surface area contributed by atoms with Crippen LogP contribution >= 0.6 is 11.6 Å². The Balaban J connectivity index is 2.10. The van der Waals surface area contributed by atoms with Gasteiger partial charge in [-0.15, -0.1) is 0 Å². The van der Waals surface area contributed by atoms with Gasteiger partial charge in [0.1, 0.15) is 5.82 Å². The van der Waals surface area contributed by atoms with Crippen molar-refractivity contribution in [3.63, 3.8) is 0 Å². The Morgan fingerprint density at radius 2 is 2.06 bits per heavy atom. The lowest BCUT2D eigenvalue weighted by atomic mass is 9.95. The number of rotatable bonds is 3. The minimum Gasteiger partial charge on any atom is -0.388 e. The third-order valence-electron chi connectivity index (χ3n) is 3.36. The lowest BCUT2D eigenvalue weighted by Crippen LogP contribution is -2.07. The number of aliphatic hydroxyl groups excluding tert-OH is 1. The molecule has 0 aromatic heterocycles. The van der Waals surface area contributed by atoms with Crippen molar-refractivity contribution in [1.82, 2.24) is 0 Å². The Labute approximate surface area is 100 Å². The van der Waals surface area contributed by atoms with Crippen LogP contribution in [0.25, 0.3) is 0 Å². The Bertz CT molecular complexity index is 341. The molecule has 0 aliphatic heterocycles. The molecule has 0 spiro atoms. The van der Waals surface area contributed by atoms with E-state index in [1.54, 1.807) is 12.1 Å². The van der Waals surface area contributed by atoms with Crippen molar-refractivity contribution in [2.75, 3.05) is 0 Å². The standard InChI is InChI=1S/C13H16ClFO/c14-10-6-3-7-11(15)13(10)12(16)8-9-4-1-2-5-9/h3,6-7,9,12,16H,1-2,4-5,8H2. The van der Waals surface area contributed by atoms with Crippen LogP contribution in [0.4, 0.5) is 4.39 Å². The van der Waals surface area contributed by atoms with E-state index < -0.39 is 11.9 Å². The van der Waals surface area contributed by atoms with Crippen LogP contribution in [0, 0.1) is 11.7 Å². The molecule has 1 nitrogen and oxygen atoms in total. The minimum absolute atomic E-state index is 0.260. The zero-order valence-electron chi connectivity index (χ0n) is 9.13. The highest BCUT2D eigenvalue weighted by molar-refractivity contribution is 6.31. The van der Waals surface area contributed by atoms with Crippen molar-refractivity contribution >= 4 is 11.6 Å². The molecule has 1 atom stereocenters. The average Bonchev–Trinajstić information content (AvgIpc) is 2.70. The molecule has 1 fully saturated rings. The van der Waals surface area contributed by atoms with Crippen LogP contribution in [-0.2, 0) is 0 Å². The highest BCUT2D eigenvalue weighted by Gasteiger charge is 2.23. The SMILES string of the molecule is OC(CC1CCCC1)c1c(F)cccc1Cl. The number of hydrogen-bond acceptors (Lipinski definition) is 1. The fourth-order valence-corrected chi connectivity index (χ4v) is 2.80. The van der Waals surface area contributed by atoms with Gasteiger partial charge in [-0.25, -0.2) is 4.39 Å². The van der Waals surface area contributed by atoms with Crippen molar-refractivity contribution in [2.45, 2.75) is 38.2 Å². The molecule has 0 heterocycles. The maximum Gasteiger partial charge on any atom is 0.130 e. The van der Waals surface area contributed by atoms with Crippen molar-refractivity contribution in [1.29, 1.82) is 0 Å². The summed E-state index contributed by atoms with van der Waals surface area (Å²) in [5, 5.41) is 10.3. The Morgan fingerprint density at radius 3 is 2.69 bits per heavy atom. The Kier molecular flexibility index (Phi) is 3.82. The molecule has 3 heteroatoms. The van der Waals surface area contributed by atoms with Crippen LogP contribution in [-0.4, -0.2) is 5.11 Å². The normalized spacial score (nSPS) is 18.9. The first-order chi connectivity index (χ1) is 7.68. The van der Waals surface area contributed by atoms with Gasteiger partial charge in [0.05, 0.1) is 6.10 Å². The van der Waals surface area contributed by atoms with Crippen LogP contribution in [0.2, 0.25) is 5.02 Å². The zero-order chi connectivity index (χ0) is 11.5. The second kappa shape index (κ2) is 5.15. The molecule has 0 saturated heterocycles. The Hall–Kier alpha value is -0.600. The molecule has 1 aliphatic rings. The van der Waals surface area contributed by atoms with E-state index in [9.17, 15) is 9.50 Å². The van der Waals surface area contributed by atoms with Crippen LogP contribution in [0.5, 0.6) is 0 Å².